The Hall–Kier alpha value is -3.60. The van der Waals surface area contributed by atoms with Crippen LogP contribution >= 0.6 is 0 Å². The number of amides is 1. The van der Waals surface area contributed by atoms with Gasteiger partial charge in [-0.2, -0.15) is 5.10 Å². The van der Waals surface area contributed by atoms with Crippen LogP contribution in [0.25, 0.3) is 0 Å². The van der Waals surface area contributed by atoms with Crippen molar-refractivity contribution in [1.82, 2.24) is 5.43 Å². The molecule has 1 unspecified atom stereocenters. The van der Waals surface area contributed by atoms with Crippen LogP contribution in [0.1, 0.15) is 30.5 Å². The lowest BCUT2D eigenvalue weighted by molar-refractivity contribution is -0.127. The summed E-state index contributed by atoms with van der Waals surface area (Å²) in [5, 5.41) is 4.03. The maximum absolute atomic E-state index is 12.2. The van der Waals surface area contributed by atoms with Crippen LogP contribution in [0.3, 0.4) is 0 Å². The molecule has 1 N–H and O–H groups in total. The molecule has 3 rings (SSSR count). The first kappa shape index (κ1) is 21.1. The molecule has 0 aliphatic carbocycles. The SMILES string of the molecule is CCc1ccc(OC(C)C(=O)NN=Cc2cccc(OCc3ccccc3)c2)cc1. The van der Waals surface area contributed by atoms with Gasteiger partial charge in [0.2, 0.25) is 0 Å². The van der Waals surface area contributed by atoms with Gasteiger partial charge in [-0.3, -0.25) is 4.79 Å². The number of ether oxygens (including phenoxy) is 2. The van der Waals surface area contributed by atoms with E-state index in [9.17, 15) is 4.79 Å². The van der Waals surface area contributed by atoms with Crippen LogP contribution in [-0.2, 0) is 17.8 Å². The second kappa shape index (κ2) is 10.8. The molecule has 5 nitrogen and oxygen atoms in total. The number of nitrogens with one attached hydrogen (secondary N) is 1. The molecule has 0 radical (unpaired) electrons. The molecule has 0 aliphatic heterocycles. The predicted octanol–water partition coefficient (Wildman–Crippen LogP) is 4.75. The fourth-order valence-electron chi connectivity index (χ4n) is 2.75. The summed E-state index contributed by atoms with van der Waals surface area (Å²) >= 11 is 0. The summed E-state index contributed by atoms with van der Waals surface area (Å²) in [4.78, 5) is 12.2. The van der Waals surface area contributed by atoms with E-state index < -0.39 is 6.10 Å². The van der Waals surface area contributed by atoms with Crippen molar-refractivity contribution in [1.29, 1.82) is 0 Å². The molecular weight excluding hydrogens is 376 g/mol. The molecule has 0 saturated heterocycles. The van der Waals surface area contributed by atoms with Gasteiger partial charge in [-0.15, -0.1) is 0 Å². The highest BCUT2D eigenvalue weighted by Gasteiger charge is 2.13. The number of carbonyl (C=O) groups is 1. The predicted molar refractivity (Wildman–Crippen MR) is 119 cm³/mol. The third-order valence-corrected chi connectivity index (χ3v) is 4.51. The molecule has 1 atom stereocenters. The molecule has 0 bridgehead atoms. The van der Waals surface area contributed by atoms with Crippen LogP contribution in [0.5, 0.6) is 11.5 Å². The van der Waals surface area contributed by atoms with Crippen molar-refractivity contribution < 1.29 is 14.3 Å². The second-order valence-electron chi connectivity index (χ2n) is 6.84. The van der Waals surface area contributed by atoms with E-state index in [2.05, 4.69) is 17.5 Å². The van der Waals surface area contributed by atoms with Crippen molar-refractivity contribution in [3.8, 4) is 11.5 Å². The van der Waals surface area contributed by atoms with Gasteiger partial charge in [-0.1, -0.05) is 61.5 Å². The van der Waals surface area contributed by atoms with Crippen molar-refractivity contribution in [2.75, 3.05) is 0 Å². The molecule has 0 aliphatic rings. The number of aryl methyl sites for hydroxylation is 1. The van der Waals surface area contributed by atoms with Crippen LogP contribution in [0.4, 0.5) is 0 Å². The molecule has 154 valence electrons. The standard InChI is InChI=1S/C25H26N2O3/c1-3-20-12-14-23(15-13-20)30-19(2)25(28)27-26-17-22-10-7-11-24(16-22)29-18-21-8-5-4-6-9-21/h4-17,19H,3,18H2,1-2H3,(H,27,28). The molecule has 3 aromatic rings. The van der Waals surface area contributed by atoms with Crippen molar-refractivity contribution >= 4 is 12.1 Å². The van der Waals surface area contributed by atoms with Gasteiger partial charge in [0.05, 0.1) is 6.21 Å². The lowest BCUT2D eigenvalue weighted by atomic mass is 10.2. The van der Waals surface area contributed by atoms with Crippen LogP contribution in [0.2, 0.25) is 0 Å². The maximum atomic E-state index is 12.2. The second-order valence-corrected chi connectivity index (χ2v) is 6.84. The first-order chi connectivity index (χ1) is 14.6. The number of hydrogen-bond donors (Lipinski definition) is 1. The molecule has 5 heteroatoms. The Balaban J connectivity index is 1.49. The van der Waals surface area contributed by atoms with Crippen LogP contribution in [0.15, 0.2) is 84.0 Å². The molecule has 0 aromatic heterocycles. The Bertz CT molecular complexity index is 969. The van der Waals surface area contributed by atoms with E-state index >= 15 is 0 Å². The van der Waals surface area contributed by atoms with Gasteiger partial charge in [-0.05, 0) is 54.3 Å². The highest BCUT2D eigenvalue weighted by molar-refractivity contribution is 5.84. The fourth-order valence-corrected chi connectivity index (χ4v) is 2.75. The summed E-state index contributed by atoms with van der Waals surface area (Å²) in [6.07, 6.45) is 1.88. The average molecular weight is 402 g/mol. The Morgan fingerprint density at radius 3 is 2.47 bits per heavy atom. The molecule has 3 aromatic carbocycles. The van der Waals surface area contributed by atoms with Crippen molar-refractivity contribution in [3.05, 3.63) is 95.6 Å². The van der Waals surface area contributed by atoms with E-state index in [-0.39, 0.29) is 5.91 Å². The molecular formula is C25H26N2O3. The molecule has 1 amide bonds. The number of benzene rings is 3. The largest absolute Gasteiger partial charge is 0.489 e. The van der Waals surface area contributed by atoms with E-state index in [0.29, 0.717) is 12.4 Å². The first-order valence-corrected chi connectivity index (χ1v) is 9.99. The zero-order valence-corrected chi connectivity index (χ0v) is 17.2. The smallest absolute Gasteiger partial charge is 0.280 e. The van der Waals surface area contributed by atoms with Gasteiger partial charge in [0.15, 0.2) is 6.10 Å². The Kier molecular flexibility index (Phi) is 7.61. The van der Waals surface area contributed by atoms with E-state index in [0.717, 1.165) is 23.3 Å². The summed E-state index contributed by atoms with van der Waals surface area (Å²) in [5.41, 5.74) is 5.66. The topological polar surface area (TPSA) is 59.9 Å². The minimum atomic E-state index is -0.657. The Labute approximate surface area is 177 Å². The Morgan fingerprint density at radius 1 is 0.967 bits per heavy atom. The Morgan fingerprint density at radius 2 is 1.73 bits per heavy atom. The number of nitrogens with zero attached hydrogens (tertiary/aromatic N) is 1. The maximum Gasteiger partial charge on any atom is 0.280 e. The monoisotopic (exact) mass is 402 g/mol. The van der Waals surface area contributed by atoms with E-state index in [4.69, 9.17) is 9.47 Å². The quantitative estimate of drug-likeness (QED) is 0.415. The van der Waals surface area contributed by atoms with E-state index in [1.165, 1.54) is 5.56 Å². The molecule has 0 fully saturated rings. The summed E-state index contributed by atoms with van der Waals surface area (Å²) in [6.45, 7) is 4.28. The molecule has 0 spiro atoms. The lowest BCUT2D eigenvalue weighted by Gasteiger charge is -2.13. The summed E-state index contributed by atoms with van der Waals surface area (Å²) < 4.78 is 11.5. The first-order valence-electron chi connectivity index (χ1n) is 9.99. The fraction of sp³-hybridized carbons (Fsp3) is 0.200. The summed E-state index contributed by atoms with van der Waals surface area (Å²) in [7, 11) is 0. The van der Waals surface area contributed by atoms with Gasteiger partial charge < -0.3 is 9.47 Å². The van der Waals surface area contributed by atoms with Gasteiger partial charge in [0, 0.05) is 0 Å². The van der Waals surface area contributed by atoms with Gasteiger partial charge >= 0.3 is 0 Å². The van der Waals surface area contributed by atoms with Crippen LogP contribution < -0.4 is 14.9 Å². The summed E-state index contributed by atoms with van der Waals surface area (Å²) in [6, 6.07) is 25.2. The molecule has 0 saturated carbocycles. The van der Waals surface area contributed by atoms with Gasteiger partial charge in [0.25, 0.3) is 5.91 Å². The summed E-state index contributed by atoms with van der Waals surface area (Å²) in [5.74, 6) is 1.07. The highest BCUT2D eigenvalue weighted by atomic mass is 16.5. The third kappa shape index (κ3) is 6.48. The van der Waals surface area contributed by atoms with Gasteiger partial charge in [0.1, 0.15) is 18.1 Å². The minimum Gasteiger partial charge on any atom is -0.489 e. The lowest BCUT2D eigenvalue weighted by Crippen LogP contribution is -2.33. The number of carbonyl (C=O) groups excluding carboxylic acids is 1. The molecule has 0 heterocycles. The van der Waals surface area contributed by atoms with E-state index in [1.54, 1.807) is 13.1 Å². The number of hydrazone groups is 1. The zero-order valence-electron chi connectivity index (χ0n) is 17.2. The minimum absolute atomic E-state index is 0.317. The third-order valence-electron chi connectivity index (χ3n) is 4.51. The van der Waals surface area contributed by atoms with Crippen LogP contribution in [0, 0.1) is 0 Å². The van der Waals surface area contributed by atoms with E-state index in [1.807, 2.05) is 78.9 Å². The van der Waals surface area contributed by atoms with Crippen molar-refractivity contribution in [2.24, 2.45) is 5.10 Å². The molecule has 30 heavy (non-hydrogen) atoms. The van der Waals surface area contributed by atoms with Crippen molar-refractivity contribution in [2.45, 2.75) is 33.0 Å². The zero-order chi connectivity index (χ0) is 21.2. The number of hydrogen-bond acceptors (Lipinski definition) is 4. The van der Waals surface area contributed by atoms with Crippen molar-refractivity contribution in [3.63, 3.8) is 0 Å². The van der Waals surface area contributed by atoms with Crippen LogP contribution in [-0.4, -0.2) is 18.2 Å². The average Bonchev–Trinajstić information content (AvgIpc) is 2.79. The normalized spacial score (nSPS) is 11.8. The van der Waals surface area contributed by atoms with Gasteiger partial charge in [-0.25, -0.2) is 5.43 Å². The highest BCUT2D eigenvalue weighted by Crippen LogP contribution is 2.15. The number of rotatable bonds is 9.